The number of rotatable bonds is 2. The maximum Gasteiger partial charge on any atom is 0.204 e. The van der Waals surface area contributed by atoms with Crippen molar-refractivity contribution >= 4 is 0 Å². The molecule has 0 aliphatic carbocycles. The van der Waals surface area contributed by atoms with Gasteiger partial charge in [-0.1, -0.05) is 32.0 Å². The fourth-order valence-electron chi connectivity index (χ4n) is 1.44. The monoisotopic (exact) mass is 202 g/mol. The van der Waals surface area contributed by atoms with E-state index in [9.17, 15) is 0 Å². The molecule has 0 radical (unpaired) electrons. The Morgan fingerprint density at radius 1 is 1.27 bits per heavy atom. The fourth-order valence-corrected chi connectivity index (χ4v) is 1.44. The lowest BCUT2D eigenvalue weighted by atomic mass is 10.0. The van der Waals surface area contributed by atoms with Crippen LogP contribution in [-0.2, 0) is 7.05 Å². The Hall–Kier alpha value is -1.71. The molecule has 0 saturated heterocycles. The zero-order valence-electron chi connectivity index (χ0n) is 9.18. The van der Waals surface area contributed by atoms with Gasteiger partial charge in [-0.15, -0.1) is 10.2 Å². The molecule has 2 rings (SSSR count). The van der Waals surface area contributed by atoms with Crippen molar-refractivity contribution in [2.45, 2.75) is 19.8 Å². The minimum Gasteiger partial charge on any atom is -0.167 e. The number of hydrogen-bond donors (Lipinski definition) is 0. The molecule has 0 aliphatic heterocycles. The van der Waals surface area contributed by atoms with Gasteiger partial charge in [0.2, 0.25) is 5.82 Å². The van der Waals surface area contributed by atoms with Crippen LogP contribution in [0, 0.1) is 0 Å². The van der Waals surface area contributed by atoms with Crippen LogP contribution < -0.4 is 0 Å². The standard InChI is InChI=1S/C11H14N4/c1-8(2)9-5-4-6-10(7-9)11-12-14-15(3)13-11/h4-8H,1-3H3. The number of aryl methyl sites for hydroxylation is 1. The molecule has 0 saturated carbocycles. The Morgan fingerprint density at radius 2 is 2.07 bits per heavy atom. The van der Waals surface area contributed by atoms with E-state index in [1.165, 1.54) is 10.4 Å². The Kier molecular flexibility index (Phi) is 2.49. The minimum atomic E-state index is 0.515. The lowest BCUT2D eigenvalue weighted by Gasteiger charge is -2.05. The molecule has 15 heavy (non-hydrogen) atoms. The van der Waals surface area contributed by atoms with Crippen molar-refractivity contribution in [1.29, 1.82) is 0 Å². The van der Waals surface area contributed by atoms with E-state index in [2.05, 4.69) is 41.4 Å². The summed E-state index contributed by atoms with van der Waals surface area (Å²) in [6.07, 6.45) is 0. The van der Waals surface area contributed by atoms with Gasteiger partial charge in [-0.05, 0) is 22.8 Å². The normalized spacial score (nSPS) is 10.9. The highest BCUT2D eigenvalue weighted by Crippen LogP contribution is 2.20. The Bertz CT molecular complexity index is 459. The van der Waals surface area contributed by atoms with E-state index in [1.807, 2.05) is 12.1 Å². The second kappa shape index (κ2) is 3.81. The molecule has 0 unspecified atom stereocenters. The first-order valence-corrected chi connectivity index (χ1v) is 5.01. The number of aromatic nitrogens is 4. The van der Waals surface area contributed by atoms with E-state index in [4.69, 9.17) is 0 Å². The number of hydrogen-bond acceptors (Lipinski definition) is 3. The van der Waals surface area contributed by atoms with Crippen LogP contribution in [0.5, 0.6) is 0 Å². The molecule has 4 nitrogen and oxygen atoms in total. The molecule has 0 atom stereocenters. The summed E-state index contributed by atoms with van der Waals surface area (Å²) >= 11 is 0. The quantitative estimate of drug-likeness (QED) is 0.748. The van der Waals surface area contributed by atoms with Crippen LogP contribution in [0.2, 0.25) is 0 Å². The van der Waals surface area contributed by atoms with Crippen molar-refractivity contribution in [3.63, 3.8) is 0 Å². The molecule has 0 aliphatic rings. The predicted octanol–water partition coefficient (Wildman–Crippen LogP) is 2.00. The third kappa shape index (κ3) is 2.03. The Morgan fingerprint density at radius 3 is 2.67 bits per heavy atom. The smallest absolute Gasteiger partial charge is 0.167 e. The largest absolute Gasteiger partial charge is 0.204 e. The van der Waals surface area contributed by atoms with Crippen LogP contribution in [0.15, 0.2) is 24.3 Å². The van der Waals surface area contributed by atoms with Gasteiger partial charge in [-0.25, -0.2) is 0 Å². The highest BCUT2D eigenvalue weighted by Gasteiger charge is 2.06. The van der Waals surface area contributed by atoms with E-state index in [1.54, 1.807) is 7.05 Å². The minimum absolute atomic E-state index is 0.515. The molecule has 0 fully saturated rings. The molecule has 1 heterocycles. The number of benzene rings is 1. The van der Waals surface area contributed by atoms with Crippen molar-refractivity contribution in [3.8, 4) is 11.4 Å². The van der Waals surface area contributed by atoms with Crippen molar-refractivity contribution in [3.05, 3.63) is 29.8 Å². The van der Waals surface area contributed by atoms with Gasteiger partial charge in [0.15, 0.2) is 0 Å². The zero-order chi connectivity index (χ0) is 10.8. The first kappa shape index (κ1) is 9.83. The van der Waals surface area contributed by atoms with E-state index in [0.29, 0.717) is 11.7 Å². The average molecular weight is 202 g/mol. The molecular formula is C11H14N4. The molecule has 0 spiro atoms. The molecule has 0 bridgehead atoms. The Labute approximate surface area is 88.9 Å². The van der Waals surface area contributed by atoms with Gasteiger partial charge in [0.25, 0.3) is 0 Å². The van der Waals surface area contributed by atoms with Crippen LogP contribution in [0.4, 0.5) is 0 Å². The first-order chi connectivity index (χ1) is 7.16. The summed E-state index contributed by atoms with van der Waals surface area (Å²) < 4.78 is 0. The van der Waals surface area contributed by atoms with E-state index < -0.39 is 0 Å². The highest BCUT2D eigenvalue weighted by atomic mass is 15.6. The molecule has 2 aromatic rings. The summed E-state index contributed by atoms with van der Waals surface area (Å²) in [5.74, 6) is 1.20. The third-order valence-electron chi connectivity index (χ3n) is 2.32. The van der Waals surface area contributed by atoms with Crippen LogP contribution in [-0.4, -0.2) is 20.2 Å². The molecule has 0 amide bonds. The molecule has 4 heteroatoms. The van der Waals surface area contributed by atoms with Gasteiger partial charge in [-0.2, -0.15) is 4.80 Å². The lowest BCUT2D eigenvalue weighted by molar-refractivity contribution is 0.630. The first-order valence-electron chi connectivity index (χ1n) is 5.01. The van der Waals surface area contributed by atoms with Crippen LogP contribution >= 0.6 is 0 Å². The van der Waals surface area contributed by atoms with E-state index in [-0.39, 0.29) is 0 Å². The molecule has 0 N–H and O–H groups in total. The lowest BCUT2D eigenvalue weighted by Crippen LogP contribution is -1.92. The summed E-state index contributed by atoms with van der Waals surface area (Å²) in [6, 6.07) is 8.26. The maximum absolute atomic E-state index is 4.18. The summed E-state index contributed by atoms with van der Waals surface area (Å²) in [4.78, 5) is 1.47. The van der Waals surface area contributed by atoms with Crippen molar-refractivity contribution in [2.24, 2.45) is 7.05 Å². The van der Waals surface area contributed by atoms with Crippen LogP contribution in [0.25, 0.3) is 11.4 Å². The van der Waals surface area contributed by atoms with Gasteiger partial charge >= 0.3 is 0 Å². The summed E-state index contributed by atoms with van der Waals surface area (Å²) in [7, 11) is 1.77. The Balaban J connectivity index is 2.41. The van der Waals surface area contributed by atoms with Gasteiger partial charge in [0.05, 0.1) is 7.05 Å². The molecule has 1 aromatic heterocycles. The van der Waals surface area contributed by atoms with E-state index in [0.717, 1.165) is 5.56 Å². The van der Waals surface area contributed by atoms with Gasteiger partial charge in [-0.3, -0.25) is 0 Å². The van der Waals surface area contributed by atoms with Gasteiger partial charge in [0, 0.05) is 5.56 Å². The summed E-state index contributed by atoms with van der Waals surface area (Å²) in [6.45, 7) is 4.34. The zero-order valence-corrected chi connectivity index (χ0v) is 9.18. The fraction of sp³-hybridized carbons (Fsp3) is 0.364. The van der Waals surface area contributed by atoms with E-state index >= 15 is 0 Å². The van der Waals surface area contributed by atoms with Crippen molar-refractivity contribution in [2.75, 3.05) is 0 Å². The molecule has 78 valence electrons. The highest BCUT2D eigenvalue weighted by molar-refractivity contribution is 5.55. The maximum atomic E-state index is 4.18. The number of nitrogens with zero attached hydrogens (tertiary/aromatic N) is 4. The predicted molar refractivity (Wildman–Crippen MR) is 58.3 cm³/mol. The average Bonchev–Trinajstić information content (AvgIpc) is 2.65. The summed E-state index contributed by atoms with van der Waals surface area (Å²) in [5.41, 5.74) is 2.31. The van der Waals surface area contributed by atoms with Crippen molar-refractivity contribution < 1.29 is 0 Å². The van der Waals surface area contributed by atoms with Gasteiger partial charge in [0.1, 0.15) is 0 Å². The van der Waals surface area contributed by atoms with Crippen LogP contribution in [0.1, 0.15) is 25.3 Å². The topological polar surface area (TPSA) is 43.6 Å². The second-order valence-corrected chi connectivity index (χ2v) is 3.88. The molecule has 1 aromatic carbocycles. The third-order valence-corrected chi connectivity index (χ3v) is 2.32. The van der Waals surface area contributed by atoms with Crippen LogP contribution in [0.3, 0.4) is 0 Å². The SMILES string of the molecule is CC(C)c1cccc(-c2nnn(C)n2)c1. The van der Waals surface area contributed by atoms with Gasteiger partial charge < -0.3 is 0 Å². The second-order valence-electron chi connectivity index (χ2n) is 3.88. The molecular weight excluding hydrogens is 188 g/mol. The number of tetrazole rings is 1. The van der Waals surface area contributed by atoms with Crippen molar-refractivity contribution in [1.82, 2.24) is 20.2 Å². The summed E-state index contributed by atoms with van der Waals surface area (Å²) in [5, 5.41) is 12.0.